The number of hydrogen-bond donors (Lipinski definition) is 2. The first-order chi connectivity index (χ1) is 21.0. The van der Waals surface area contributed by atoms with Crippen LogP contribution in [-0.2, 0) is 4.74 Å². The van der Waals surface area contributed by atoms with E-state index in [4.69, 9.17) is 4.74 Å². The molecule has 2 N–H and O–H groups in total. The molecule has 4 rings (SSSR count). The first-order valence-corrected chi connectivity index (χ1v) is 15.4. The number of halogens is 2. The first-order valence-electron chi connectivity index (χ1n) is 15.4. The predicted molar refractivity (Wildman–Crippen MR) is 169 cm³/mol. The Hall–Kier alpha value is -3.46. The Balaban J connectivity index is 1.33. The van der Waals surface area contributed by atoms with E-state index in [-0.39, 0.29) is 24.2 Å². The number of ether oxygens (including phenoxy) is 1. The summed E-state index contributed by atoms with van der Waals surface area (Å²) in [6.07, 6.45) is 12.9. The largest absolute Gasteiger partial charge is 0.497 e. The Morgan fingerprint density at radius 2 is 1.63 bits per heavy atom. The molecule has 43 heavy (non-hydrogen) atoms. The molecular weight excluding hydrogens is 546 g/mol. The highest BCUT2D eigenvalue weighted by atomic mass is 19.1. The lowest BCUT2D eigenvalue weighted by Crippen LogP contribution is -2.51. The Kier molecular flexibility index (Phi) is 12.8. The van der Waals surface area contributed by atoms with Crippen LogP contribution in [0.3, 0.4) is 0 Å². The van der Waals surface area contributed by atoms with Crippen LogP contribution in [-0.4, -0.2) is 86.0 Å². The average molecular weight is 593 g/mol. The van der Waals surface area contributed by atoms with Crippen LogP contribution >= 0.6 is 0 Å². The number of aliphatic hydroxyl groups excluding tert-OH is 1. The standard InChI is InChI=1S/C35H46F2N4O2/c1-3-28-7-4-19-38-35(28)41(21-5-8-33(43-2)18-26-42)27-40-24-22-39(23-25-40)20-6-9-34(29-10-14-31(36)15-11-29)30-12-16-32(37)17-13-30/h4-5,7-8,10-18,34,38,42H,3,6,9,19-27H2,1-2H3/b8-5-,33-18+. The Morgan fingerprint density at radius 1 is 1.00 bits per heavy atom. The normalized spacial score (nSPS) is 16.7. The van der Waals surface area contributed by atoms with Gasteiger partial charge in [-0.25, -0.2) is 8.78 Å². The van der Waals surface area contributed by atoms with Crippen molar-refractivity contribution >= 4 is 0 Å². The fraction of sp³-hybridized carbons (Fsp3) is 0.429. The molecule has 2 aliphatic rings. The summed E-state index contributed by atoms with van der Waals surface area (Å²) in [4.78, 5) is 7.41. The maximum Gasteiger partial charge on any atom is 0.123 e. The summed E-state index contributed by atoms with van der Waals surface area (Å²) in [7, 11) is 1.61. The van der Waals surface area contributed by atoms with E-state index in [9.17, 15) is 13.9 Å². The molecule has 0 saturated carbocycles. The number of allylic oxidation sites excluding steroid dienone is 3. The van der Waals surface area contributed by atoms with E-state index in [0.717, 1.165) is 82.9 Å². The van der Waals surface area contributed by atoms with Gasteiger partial charge in [-0.3, -0.25) is 4.90 Å². The van der Waals surface area contributed by atoms with Crippen LogP contribution < -0.4 is 5.32 Å². The molecule has 1 fully saturated rings. The van der Waals surface area contributed by atoms with Gasteiger partial charge < -0.3 is 25.0 Å². The van der Waals surface area contributed by atoms with Crippen molar-refractivity contribution in [2.75, 3.05) is 66.2 Å². The van der Waals surface area contributed by atoms with Crippen molar-refractivity contribution in [3.05, 3.63) is 119 Å². The van der Waals surface area contributed by atoms with Crippen LogP contribution in [0, 0.1) is 11.6 Å². The summed E-state index contributed by atoms with van der Waals surface area (Å²) in [5.74, 6) is 1.44. The van der Waals surface area contributed by atoms with Crippen molar-refractivity contribution < 1.29 is 18.6 Å². The van der Waals surface area contributed by atoms with Crippen molar-refractivity contribution in [2.45, 2.75) is 32.1 Å². The van der Waals surface area contributed by atoms with Crippen molar-refractivity contribution in [3.8, 4) is 0 Å². The molecule has 2 aromatic rings. The number of benzene rings is 2. The second-order valence-electron chi connectivity index (χ2n) is 11.0. The van der Waals surface area contributed by atoms with Crippen LogP contribution in [0.5, 0.6) is 0 Å². The average Bonchev–Trinajstić information content (AvgIpc) is 3.04. The highest BCUT2D eigenvalue weighted by molar-refractivity contribution is 5.33. The van der Waals surface area contributed by atoms with Gasteiger partial charge in [0.25, 0.3) is 0 Å². The lowest BCUT2D eigenvalue weighted by molar-refractivity contribution is 0.0874. The number of hydrogen-bond acceptors (Lipinski definition) is 6. The number of nitrogens with one attached hydrogen (secondary N) is 1. The van der Waals surface area contributed by atoms with Gasteiger partial charge in [-0.05, 0) is 78.9 Å². The van der Waals surface area contributed by atoms with Crippen molar-refractivity contribution in [2.24, 2.45) is 0 Å². The number of methoxy groups -OCH3 is 1. The SMILES string of the molecule is CCC1=C(N(C/C=C\C(=C/CO)OC)CN2CCN(CCCC(c3ccc(F)cc3)c3ccc(F)cc3)CC2)NCC=C1. The summed E-state index contributed by atoms with van der Waals surface area (Å²) < 4.78 is 32.5. The zero-order valence-electron chi connectivity index (χ0n) is 25.5. The highest BCUT2D eigenvalue weighted by Gasteiger charge is 2.22. The zero-order chi connectivity index (χ0) is 30.4. The van der Waals surface area contributed by atoms with Crippen LogP contribution in [0.15, 0.2) is 96.1 Å². The van der Waals surface area contributed by atoms with E-state index < -0.39 is 0 Å². The molecule has 0 radical (unpaired) electrons. The number of rotatable bonds is 15. The lowest BCUT2D eigenvalue weighted by Gasteiger charge is -2.39. The molecule has 2 aromatic carbocycles. The molecule has 0 bridgehead atoms. The highest BCUT2D eigenvalue weighted by Crippen LogP contribution is 2.30. The molecule has 0 amide bonds. The third-order valence-corrected chi connectivity index (χ3v) is 8.19. The molecule has 2 aliphatic heterocycles. The molecular formula is C35H46F2N4O2. The zero-order valence-corrected chi connectivity index (χ0v) is 25.5. The van der Waals surface area contributed by atoms with Crippen molar-refractivity contribution in [1.82, 2.24) is 20.0 Å². The van der Waals surface area contributed by atoms with E-state index in [1.54, 1.807) is 13.2 Å². The molecule has 0 aromatic heterocycles. The van der Waals surface area contributed by atoms with Gasteiger partial charge in [-0.2, -0.15) is 0 Å². The molecule has 1 saturated heterocycles. The van der Waals surface area contributed by atoms with Crippen LogP contribution in [0.2, 0.25) is 0 Å². The van der Waals surface area contributed by atoms with Crippen LogP contribution in [0.4, 0.5) is 8.78 Å². The van der Waals surface area contributed by atoms with E-state index in [2.05, 4.69) is 45.2 Å². The van der Waals surface area contributed by atoms with Gasteiger partial charge in [0.15, 0.2) is 0 Å². The molecule has 8 heteroatoms. The summed E-state index contributed by atoms with van der Waals surface area (Å²) in [5, 5.41) is 12.8. The summed E-state index contributed by atoms with van der Waals surface area (Å²) in [5.41, 5.74) is 3.42. The first kappa shape index (κ1) is 32.5. The Labute approximate surface area is 255 Å². The molecule has 2 heterocycles. The summed E-state index contributed by atoms with van der Waals surface area (Å²) in [6, 6.07) is 13.4. The van der Waals surface area contributed by atoms with Gasteiger partial charge >= 0.3 is 0 Å². The van der Waals surface area contributed by atoms with E-state index >= 15 is 0 Å². The van der Waals surface area contributed by atoms with Crippen LogP contribution in [0.25, 0.3) is 0 Å². The minimum Gasteiger partial charge on any atom is -0.497 e. The van der Waals surface area contributed by atoms with E-state index in [1.807, 2.05) is 30.3 Å². The smallest absolute Gasteiger partial charge is 0.123 e. The van der Waals surface area contributed by atoms with Gasteiger partial charge in [0.05, 0.1) is 20.4 Å². The Morgan fingerprint density at radius 3 is 2.21 bits per heavy atom. The van der Waals surface area contributed by atoms with E-state index in [0.29, 0.717) is 5.76 Å². The number of nitrogens with zero attached hydrogens (tertiary/aromatic N) is 3. The summed E-state index contributed by atoms with van der Waals surface area (Å²) in [6.45, 7) is 9.45. The van der Waals surface area contributed by atoms with Gasteiger partial charge in [0.2, 0.25) is 0 Å². The lowest BCUT2D eigenvalue weighted by atomic mass is 9.87. The van der Waals surface area contributed by atoms with Gasteiger partial charge in [0.1, 0.15) is 23.2 Å². The van der Waals surface area contributed by atoms with Crippen LogP contribution in [0.1, 0.15) is 43.2 Å². The summed E-state index contributed by atoms with van der Waals surface area (Å²) >= 11 is 0. The minimum atomic E-state index is -0.245. The number of piperazine rings is 1. The maximum atomic E-state index is 13.6. The maximum absolute atomic E-state index is 13.6. The molecule has 0 aliphatic carbocycles. The molecule has 0 spiro atoms. The Bertz CT molecular complexity index is 1200. The molecule has 232 valence electrons. The monoisotopic (exact) mass is 592 g/mol. The molecule has 0 unspecified atom stereocenters. The third kappa shape index (κ3) is 9.78. The molecule has 6 nitrogen and oxygen atoms in total. The van der Waals surface area contributed by atoms with Gasteiger partial charge in [-0.15, -0.1) is 0 Å². The van der Waals surface area contributed by atoms with E-state index in [1.165, 1.54) is 35.7 Å². The van der Waals surface area contributed by atoms with Crippen molar-refractivity contribution in [3.63, 3.8) is 0 Å². The number of aliphatic hydroxyl groups is 1. The topological polar surface area (TPSA) is 51.2 Å². The quantitative estimate of drug-likeness (QED) is 0.207. The minimum absolute atomic E-state index is 0.0574. The molecule has 0 atom stereocenters. The fourth-order valence-electron chi connectivity index (χ4n) is 5.81. The second-order valence-corrected chi connectivity index (χ2v) is 11.0. The third-order valence-electron chi connectivity index (χ3n) is 8.19. The fourth-order valence-corrected chi connectivity index (χ4v) is 5.81. The van der Waals surface area contributed by atoms with Gasteiger partial charge in [-0.1, -0.05) is 49.4 Å². The predicted octanol–water partition coefficient (Wildman–Crippen LogP) is 5.61. The number of dihydropyridines is 1. The second kappa shape index (κ2) is 17.0. The van der Waals surface area contributed by atoms with Crippen molar-refractivity contribution in [1.29, 1.82) is 0 Å². The van der Waals surface area contributed by atoms with Gasteiger partial charge in [0, 0.05) is 45.2 Å².